The molecule has 4 heteroatoms. The molecule has 56 heavy (non-hydrogen) atoms. The molecule has 0 amide bonds. The molecule has 1 aliphatic carbocycles. The summed E-state index contributed by atoms with van der Waals surface area (Å²) >= 11 is 1.80. The van der Waals surface area contributed by atoms with E-state index in [0.717, 1.165) is 21.4 Å². The van der Waals surface area contributed by atoms with Gasteiger partial charge in [0.2, 0.25) is 0 Å². The van der Waals surface area contributed by atoms with E-state index in [9.17, 15) is 0 Å². The van der Waals surface area contributed by atoms with Gasteiger partial charge in [0, 0.05) is 36.9 Å². The molecule has 2 aromatic heterocycles. The first-order valence-electron chi connectivity index (χ1n) is 18.9. The van der Waals surface area contributed by atoms with Crippen LogP contribution < -0.4 is 0 Å². The molecule has 0 unspecified atom stereocenters. The van der Waals surface area contributed by atoms with Gasteiger partial charge in [0.05, 0.1) is 5.41 Å². The third kappa shape index (κ3) is 5.00. The summed E-state index contributed by atoms with van der Waals surface area (Å²) in [5, 5.41) is 2.44. The zero-order valence-corrected chi connectivity index (χ0v) is 31.1. The van der Waals surface area contributed by atoms with Crippen molar-refractivity contribution >= 4 is 31.5 Å². The molecule has 3 nitrogen and oxygen atoms in total. The van der Waals surface area contributed by atoms with Crippen LogP contribution in [0.3, 0.4) is 0 Å². The molecule has 0 spiro atoms. The zero-order chi connectivity index (χ0) is 37.1. The maximum atomic E-state index is 5.16. The third-order valence-corrected chi connectivity index (χ3v) is 12.4. The van der Waals surface area contributed by atoms with Crippen molar-refractivity contribution in [2.24, 2.45) is 0 Å². The molecule has 0 fully saturated rings. The standard InChI is InChI=1S/C52H33N3S/c1-5-17-34(18-6-1)49-53-50(35-19-7-2-8-20-35)55-51(54-49)43-32-31-39(47-42-26-14-16-28-46(42)56-48(43)47)36-29-30-41-40-25-13-15-27-44(40)52(45(41)33-36,37-21-9-3-10-22-37)38-23-11-4-12-24-38/h1-33H. The number of hydrogen-bond donors (Lipinski definition) is 0. The van der Waals surface area contributed by atoms with E-state index in [2.05, 4.69) is 164 Å². The summed E-state index contributed by atoms with van der Waals surface area (Å²) < 4.78 is 2.39. The quantitative estimate of drug-likeness (QED) is 0.171. The molecule has 0 saturated heterocycles. The Balaban J connectivity index is 1.17. The minimum Gasteiger partial charge on any atom is -0.208 e. The van der Waals surface area contributed by atoms with Gasteiger partial charge in [0.25, 0.3) is 0 Å². The van der Waals surface area contributed by atoms with Crippen molar-refractivity contribution in [2.45, 2.75) is 5.41 Å². The van der Waals surface area contributed by atoms with Crippen molar-refractivity contribution in [1.29, 1.82) is 0 Å². The Labute approximate surface area is 329 Å². The Bertz CT molecular complexity index is 2970. The fourth-order valence-corrected chi connectivity index (χ4v) is 10.0. The summed E-state index contributed by atoms with van der Waals surface area (Å²) in [7, 11) is 0. The van der Waals surface area contributed by atoms with Crippen molar-refractivity contribution in [3.63, 3.8) is 0 Å². The molecule has 0 aliphatic heterocycles. The lowest BCUT2D eigenvalue weighted by Crippen LogP contribution is -2.28. The summed E-state index contributed by atoms with van der Waals surface area (Å²) in [6.07, 6.45) is 0. The molecule has 0 radical (unpaired) electrons. The number of benzene rings is 8. The van der Waals surface area contributed by atoms with Crippen molar-refractivity contribution in [3.8, 4) is 56.4 Å². The van der Waals surface area contributed by atoms with Gasteiger partial charge in [-0.05, 0) is 62.7 Å². The SMILES string of the molecule is c1ccc(-c2nc(-c3ccccc3)nc(-c3ccc(-c4ccc5c(c4)C(c4ccccc4)(c4ccccc4)c4ccccc4-5)c4c3sc3ccccc34)n2)cc1. The maximum absolute atomic E-state index is 5.16. The van der Waals surface area contributed by atoms with E-state index < -0.39 is 5.41 Å². The minimum absolute atomic E-state index is 0.479. The van der Waals surface area contributed by atoms with Crippen LogP contribution in [0.2, 0.25) is 0 Å². The van der Waals surface area contributed by atoms with E-state index in [4.69, 9.17) is 15.0 Å². The van der Waals surface area contributed by atoms with Crippen molar-refractivity contribution < 1.29 is 0 Å². The Morgan fingerprint density at radius 3 is 1.52 bits per heavy atom. The average Bonchev–Trinajstić information content (AvgIpc) is 3.81. The average molecular weight is 732 g/mol. The second-order valence-corrected chi connectivity index (χ2v) is 15.3. The Morgan fingerprint density at radius 2 is 0.857 bits per heavy atom. The molecule has 2 heterocycles. The van der Waals surface area contributed by atoms with Gasteiger partial charge in [-0.25, -0.2) is 15.0 Å². The number of thiophene rings is 1. The van der Waals surface area contributed by atoms with Gasteiger partial charge in [-0.15, -0.1) is 11.3 Å². The van der Waals surface area contributed by atoms with E-state index in [1.807, 2.05) is 36.4 Å². The lowest BCUT2D eigenvalue weighted by Gasteiger charge is -2.34. The number of aromatic nitrogens is 3. The van der Waals surface area contributed by atoms with Crippen molar-refractivity contribution in [2.75, 3.05) is 0 Å². The maximum Gasteiger partial charge on any atom is 0.165 e. The molecule has 0 bridgehead atoms. The van der Waals surface area contributed by atoms with Crippen LogP contribution in [-0.4, -0.2) is 15.0 Å². The van der Waals surface area contributed by atoms with Crippen LogP contribution in [0.25, 0.3) is 76.6 Å². The van der Waals surface area contributed by atoms with E-state index in [1.54, 1.807) is 11.3 Å². The van der Waals surface area contributed by atoms with Crippen LogP contribution in [0.1, 0.15) is 22.3 Å². The minimum atomic E-state index is -0.479. The van der Waals surface area contributed by atoms with E-state index in [-0.39, 0.29) is 0 Å². The summed E-state index contributed by atoms with van der Waals surface area (Å²) in [5.41, 5.74) is 12.5. The fraction of sp³-hybridized carbons (Fsp3) is 0.0192. The van der Waals surface area contributed by atoms with Crippen LogP contribution in [-0.2, 0) is 5.41 Å². The number of nitrogens with zero attached hydrogens (tertiary/aromatic N) is 3. The first-order chi connectivity index (χ1) is 27.8. The van der Waals surface area contributed by atoms with Gasteiger partial charge in [-0.1, -0.05) is 182 Å². The van der Waals surface area contributed by atoms with E-state index in [0.29, 0.717) is 17.5 Å². The van der Waals surface area contributed by atoms with Crippen LogP contribution in [0.15, 0.2) is 200 Å². The van der Waals surface area contributed by atoms with Gasteiger partial charge in [0.15, 0.2) is 17.5 Å². The molecule has 8 aromatic carbocycles. The molecular formula is C52H33N3S. The Kier molecular flexibility index (Phi) is 7.58. The topological polar surface area (TPSA) is 38.7 Å². The highest BCUT2D eigenvalue weighted by molar-refractivity contribution is 7.26. The van der Waals surface area contributed by atoms with E-state index in [1.165, 1.54) is 60.0 Å². The molecular weight excluding hydrogens is 699 g/mol. The highest BCUT2D eigenvalue weighted by atomic mass is 32.1. The highest BCUT2D eigenvalue weighted by Gasteiger charge is 2.46. The summed E-state index contributed by atoms with van der Waals surface area (Å²) in [6, 6.07) is 71.7. The number of fused-ring (bicyclic) bond motifs is 6. The first kappa shape index (κ1) is 32.4. The largest absolute Gasteiger partial charge is 0.208 e. The number of rotatable bonds is 6. The molecule has 0 atom stereocenters. The van der Waals surface area contributed by atoms with Gasteiger partial charge < -0.3 is 0 Å². The van der Waals surface area contributed by atoms with Crippen LogP contribution >= 0.6 is 11.3 Å². The Hall–Kier alpha value is -7.01. The predicted molar refractivity (Wildman–Crippen MR) is 232 cm³/mol. The predicted octanol–water partition coefficient (Wildman–Crippen LogP) is 13.3. The molecule has 10 aromatic rings. The van der Waals surface area contributed by atoms with Crippen molar-refractivity contribution in [1.82, 2.24) is 15.0 Å². The lowest BCUT2D eigenvalue weighted by molar-refractivity contribution is 0.769. The van der Waals surface area contributed by atoms with Gasteiger partial charge >= 0.3 is 0 Å². The summed E-state index contributed by atoms with van der Waals surface area (Å²) in [5.74, 6) is 1.98. The second-order valence-electron chi connectivity index (χ2n) is 14.3. The smallest absolute Gasteiger partial charge is 0.165 e. The summed E-state index contributed by atoms with van der Waals surface area (Å²) in [6.45, 7) is 0. The fourth-order valence-electron chi connectivity index (χ4n) is 8.79. The van der Waals surface area contributed by atoms with E-state index >= 15 is 0 Å². The van der Waals surface area contributed by atoms with Crippen LogP contribution in [0.5, 0.6) is 0 Å². The van der Waals surface area contributed by atoms with Crippen molar-refractivity contribution in [3.05, 3.63) is 222 Å². The lowest BCUT2D eigenvalue weighted by atomic mass is 9.67. The monoisotopic (exact) mass is 731 g/mol. The normalized spacial score (nSPS) is 12.8. The second kappa shape index (κ2) is 13.1. The molecule has 262 valence electrons. The van der Waals surface area contributed by atoms with Crippen LogP contribution in [0.4, 0.5) is 0 Å². The zero-order valence-electron chi connectivity index (χ0n) is 30.3. The highest BCUT2D eigenvalue weighted by Crippen LogP contribution is 2.57. The van der Waals surface area contributed by atoms with Gasteiger partial charge in [-0.3, -0.25) is 0 Å². The number of hydrogen-bond acceptors (Lipinski definition) is 4. The molecule has 0 saturated carbocycles. The Morgan fingerprint density at radius 1 is 0.357 bits per heavy atom. The van der Waals surface area contributed by atoms with Gasteiger partial charge in [-0.2, -0.15) is 0 Å². The first-order valence-corrected chi connectivity index (χ1v) is 19.8. The summed E-state index contributed by atoms with van der Waals surface area (Å²) in [4.78, 5) is 15.3. The molecule has 1 aliphatic rings. The van der Waals surface area contributed by atoms with Gasteiger partial charge in [0.1, 0.15) is 0 Å². The van der Waals surface area contributed by atoms with Crippen LogP contribution in [0, 0.1) is 0 Å². The third-order valence-electron chi connectivity index (χ3n) is 11.2. The molecule has 0 N–H and O–H groups in total. The molecule has 11 rings (SSSR count).